The summed E-state index contributed by atoms with van der Waals surface area (Å²) in [7, 11) is 1.50. The third kappa shape index (κ3) is 3.53. The summed E-state index contributed by atoms with van der Waals surface area (Å²) in [6, 6.07) is 6.32. The molecular weight excluding hydrogens is 325 g/mol. The molecule has 0 saturated carbocycles. The fourth-order valence-corrected chi connectivity index (χ4v) is 2.39. The Morgan fingerprint density at radius 3 is 2.80 bits per heavy atom. The number of ether oxygens (including phenoxy) is 1. The second-order valence-corrected chi connectivity index (χ2v) is 5.24. The summed E-state index contributed by atoms with van der Waals surface area (Å²) in [5.74, 6) is 5.68. The maximum atomic E-state index is 14.1. The molecule has 106 valence electrons. The van der Waals surface area contributed by atoms with Crippen LogP contribution in [0.2, 0.25) is 0 Å². The number of nitrogens with zero attached hydrogens (tertiary/aromatic N) is 1. The third-order valence-corrected chi connectivity index (χ3v) is 3.42. The van der Waals surface area contributed by atoms with Crippen LogP contribution in [0.5, 0.6) is 5.75 Å². The number of hydrogen-bond acceptors (Lipinski definition) is 4. The minimum absolute atomic E-state index is 0.336. The Hall–Kier alpha value is -1.50. The van der Waals surface area contributed by atoms with Crippen LogP contribution in [-0.4, -0.2) is 12.1 Å². The van der Waals surface area contributed by atoms with Crippen molar-refractivity contribution in [1.29, 1.82) is 0 Å². The zero-order chi connectivity index (χ0) is 14.5. The number of rotatable bonds is 5. The van der Waals surface area contributed by atoms with Gasteiger partial charge in [0.2, 0.25) is 0 Å². The molecule has 1 heterocycles. The molecule has 4 nitrogen and oxygen atoms in total. The number of halogens is 2. The van der Waals surface area contributed by atoms with Crippen molar-refractivity contribution in [3.05, 3.63) is 58.1 Å². The van der Waals surface area contributed by atoms with Gasteiger partial charge in [-0.3, -0.25) is 16.3 Å². The van der Waals surface area contributed by atoms with E-state index in [0.29, 0.717) is 17.7 Å². The molecule has 0 amide bonds. The lowest BCUT2D eigenvalue weighted by atomic mass is 10.00. The summed E-state index contributed by atoms with van der Waals surface area (Å²) in [6.07, 6.45) is 3.96. The molecule has 0 aliphatic carbocycles. The molecule has 0 bridgehead atoms. The summed E-state index contributed by atoms with van der Waals surface area (Å²) >= 11 is 3.36. The van der Waals surface area contributed by atoms with Crippen molar-refractivity contribution in [2.24, 2.45) is 5.84 Å². The van der Waals surface area contributed by atoms with Gasteiger partial charge in [0, 0.05) is 28.5 Å². The summed E-state index contributed by atoms with van der Waals surface area (Å²) < 4.78 is 19.9. The largest absolute Gasteiger partial charge is 0.497 e. The van der Waals surface area contributed by atoms with E-state index in [2.05, 4.69) is 26.3 Å². The molecule has 0 radical (unpaired) electrons. The smallest absolute Gasteiger partial charge is 0.131 e. The van der Waals surface area contributed by atoms with Gasteiger partial charge in [-0.2, -0.15) is 0 Å². The van der Waals surface area contributed by atoms with Crippen LogP contribution in [-0.2, 0) is 6.42 Å². The number of nitrogens with one attached hydrogen (secondary N) is 1. The number of nitrogens with two attached hydrogens (primary N) is 1. The molecule has 2 aromatic rings. The van der Waals surface area contributed by atoms with Gasteiger partial charge in [-0.05, 0) is 40.0 Å². The van der Waals surface area contributed by atoms with Crippen molar-refractivity contribution in [2.75, 3.05) is 7.11 Å². The topological polar surface area (TPSA) is 60.2 Å². The van der Waals surface area contributed by atoms with Gasteiger partial charge in [0.1, 0.15) is 11.6 Å². The lowest BCUT2D eigenvalue weighted by Gasteiger charge is -2.17. The maximum absolute atomic E-state index is 14.1. The molecule has 1 atom stereocenters. The first-order chi connectivity index (χ1) is 9.63. The molecule has 0 aliphatic heterocycles. The van der Waals surface area contributed by atoms with E-state index < -0.39 is 0 Å². The number of pyridine rings is 1. The van der Waals surface area contributed by atoms with Crippen LogP contribution in [0.15, 0.2) is 41.1 Å². The van der Waals surface area contributed by atoms with Crippen LogP contribution in [0.25, 0.3) is 0 Å². The Kier molecular flexibility index (Phi) is 5.05. The monoisotopic (exact) mass is 339 g/mol. The number of hydrazine groups is 1. The van der Waals surface area contributed by atoms with Gasteiger partial charge in [-0.15, -0.1) is 0 Å². The van der Waals surface area contributed by atoms with Crippen molar-refractivity contribution in [3.63, 3.8) is 0 Å². The first-order valence-corrected chi connectivity index (χ1v) is 6.82. The lowest BCUT2D eigenvalue weighted by Crippen LogP contribution is -2.30. The summed E-state index contributed by atoms with van der Waals surface area (Å²) in [5.41, 5.74) is 4.09. The molecular formula is C14H15BrFN3O. The fraction of sp³-hybridized carbons (Fsp3) is 0.214. The number of methoxy groups -OCH3 is 1. The molecule has 1 unspecified atom stereocenters. The molecule has 3 N–H and O–H groups in total. The molecule has 6 heteroatoms. The average Bonchev–Trinajstić information content (AvgIpc) is 2.45. The number of benzene rings is 1. The van der Waals surface area contributed by atoms with E-state index in [0.717, 1.165) is 10.0 Å². The van der Waals surface area contributed by atoms with E-state index in [9.17, 15) is 4.39 Å². The van der Waals surface area contributed by atoms with Crippen LogP contribution in [0, 0.1) is 5.82 Å². The van der Waals surface area contributed by atoms with Crippen LogP contribution in [0.4, 0.5) is 4.39 Å². The Morgan fingerprint density at radius 1 is 1.40 bits per heavy atom. The molecule has 0 aliphatic rings. The Bertz CT molecular complexity index is 594. The number of aromatic nitrogens is 1. The van der Waals surface area contributed by atoms with E-state index in [1.165, 1.54) is 13.2 Å². The Morgan fingerprint density at radius 2 is 2.20 bits per heavy atom. The van der Waals surface area contributed by atoms with Gasteiger partial charge in [0.25, 0.3) is 0 Å². The summed E-state index contributed by atoms with van der Waals surface area (Å²) in [6.45, 7) is 0. The molecule has 0 saturated heterocycles. The zero-order valence-electron chi connectivity index (χ0n) is 10.9. The van der Waals surface area contributed by atoms with Gasteiger partial charge in [0.15, 0.2) is 0 Å². The normalized spacial score (nSPS) is 12.2. The van der Waals surface area contributed by atoms with Crippen molar-refractivity contribution < 1.29 is 9.13 Å². The molecule has 20 heavy (non-hydrogen) atoms. The minimum atomic E-state index is -0.352. The molecule has 2 rings (SSSR count). The fourth-order valence-electron chi connectivity index (χ4n) is 1.98. The van der Waals surface area contributed by atoms with Crippen LogP contribution < -0.4 is 16.0 Å². The highest BCUT2D eigenvalue weighted by molar-refractivity contribution is 9.10. The van der Waals surface area contributed by atoms with E-state index in [4.69, 9.17) is 10.6 Å². The Labute approximate surface area is 125 Å². The summed E-state index contributed by atoms with van der Waals surface area (Å²) in [5, 5.41) is 0. The van der Waals surface area contributed by atoms with Crippen LogP contribution in [0.1, 0.15) is 17.2 Å². The maximum Gasteiger partial charge on any atom is 0.131 e. The zero-order valence-corrected chi connectivity index (χ0v) is 12.5. The van der Waals surface area contributed by atoms with Gasteiger partial charge >= 0.3 is 0 Å². The first kappa shape index (κ1) is 14.9. The molecule has 1 aromatic heterocycles. The highest BCUT2D eigenvalue weighted by atomic mass is 79.9. The summed E-state index contributed by atoms with van der Waals surface area (Å²) in [4.78, 5) is 4.09. The first-order valence-electron chi connectivity index (χ1n) is 6.03. The van der Waals surface area contributed by atoms with Crippen molar-refractivity contribution >= 4 is 15.9 Å². The third-order valence-electron chi connectivity index (χ3n) is 2.99. The minimum Gasteiger partial charge on any atom is -0.497 e. The SMILES string of the molecule is COc1ccc(C(Cc2cncc(Br)c2)NN)c(F)c1. The van der Waals surface area contributed by atoms with E-state index in [1.807, 2.05) is 6.07 Å². The van der Waals surface area contributed by atoms with Gasteiger partial charge < -0.3 is 4.74 Å². The van der Waals surface area contributed by atoms with Gasteiger partial charge in [-0.25, -0.2) is 4.39 Å². The second-order valence-electron chi connectivity index (χ2n) is 4.32. The van der Waals surface area contributed by atoms with E-state index in [-0.39, 0.29) is 11.9 Å². The second kappa shape index (κ2) is 6.78. The van der Waals surface area contributed by atoms with Crippen molar-refractivity contribution in [1.82, 2.24) is 10.4 Å². The Balaban J connectivity index is 2.24. The predicted octanol–water partition coefficient (Wildman–Crippen LogP) is 2.74. The van der Waals surface area contributed by atoms with Gasteiger partial charge in [0.05, 0.1) is 13.2 Å². The lowest BCUT2D eigenvalue weighted by molar-refractivity contribution is 0.409. The predicted molar refractivity (Wildman–Crippen MR) is 78.7 cm³/mol. The molecule has 1 aromatic carbocycles. The van der Waals surface area contributed by atoms with Crippen molar-refractivity contribution in [3.8, 4) is 5.75 Å². The highest BCUT2D eigenvalue weighted by Gasteiger charge is 2.16. The van der Waals surface area contributed by atoms with Crippen LogP contribution in [0.3, 0.4) is 0 Å². The van der Waals surface area contributed by atoms with E-state index in [1.54, 1.807) is 24.5 Å². The standard InChI is InChI=1S/C14H15BrFN3O/c1-20-11-2-3-12(13(16)6-11)14(19-17)5-9-4-10(15)8-18-7-9/h2-4,6-8,14,19H,5,17H2,1H3. The molecule has 0 spiro atoms. The quantitative estimate of drug-likeness (QED) is 0.649. The highest BCUT2D eigenvalue weighted by Crippen LogP contribution is 2.24. The van der Waals surface area contributed by atoms with Gasteiger partial charge in [-0.1, -0.05) is 6.07 Å². The van der Waals surface area contributed by atoms with Crippen LogP contribution >= 0.6 is 15.9 Å². The number of hydrogen-bond donors (Lipinski definition) is 2. The van der Waals surface area contributed by atoms with Crippen molar-refractivity contribution in [2.45, 2.75) is 12.5 Å². The van der Waals surface area contributed by atoms with E-state index >= 15 is 0 Å². The molecule has 0 fully saturated rings. The average molecular weight is 340 g/mol.